The number of anilines is 1. The van der Waals surface area contributed by atoms with Crippen molar-refractivity contribution < 1.29 is 19.4 Å². The Hall–Kier alpha value is -2.87. The van der Waals surface area contributed by atoms with Crippen LogP contribution in [0.15, 0.2) is 36.7 Å². The van der Waals surface area contributed by atoms with Crippen LogP contribution in [0.1, 0.15) is 28.8 Å². The lowest BCUT2D eigenvalue weighted by atomic mass is 10.1. The predicted octanol–water partition coefficient (Wildman–Crippen LogP) is 2.08. The summed E-state index contributed by atoms with van der Waals surface area (Å²) in [5, 5.41) is 18.5. The minimum absolute atomic E-state index is 0.190. The number of nitrogens with zero attached hydrogens (tertiary/aromatic N) is 2. The van der Waals surface area contributed by atoms with Crippen LogP contribution in [0, 0.1) is 0 Å². The number of hydrogen-bond acceptors (Lipinski definition) is 4. The van der Waals surface area contributed by atoms with Crippen LogP contribution in [0.5, 0.6) is 0 Å². The molecule has 2 amide bonds. The average molecular weight is 344 g/mol. The van der Waals surface area contributed by atoms with Gasteiger partial charge in [0.2, 0.25) is 0 Å². The van der Waals surface area contributed by atoms with Gasteiger partial charge in [-0.3, -0.25) is 4.68 Å². The van der Waals surface area contributed by atoms with Gasteiger partial charge in [-0.25, -0.2) is 9.59 Å². The third-order valence-electron chi connectivity index (χ3n) is 3.96. The molecule has 3 rings (SSSR count). The summed E-state index contributed by atoms with van der Waals surface area (Å²) in [5.74, 6) is -0.975. The van der Waals surface area contributed by atoms with Gasteiger partial charge >= 0.3 is 12.0 Å². The lowest BCUT2D eigenvalue weighted by molar-refractivity contribution is 0.0696. The van der Waals surface area contributed by atoms with E-state index in [4.69, 9.17) is 9.84 Å². The second kappa shape index (κ2) is 7.80. The zero-order valence-corrected chi connectivity index (χ0v) is 13.6. The molecule has 1 saturated heterocycles. The van der Waals surface area contributed by atoms with Crippen LogP contribution in [0.25, 0.3) is 0 Å². The summed E-state index contributed by atoms with van der Waals surface area (Å²) in [6.45, 7) is 1.78. The number of ether oxygens (including phenoxy) is 1. The molecular formula is C17H20N4O4. The van der Waals surface area contributed by atoms with Gasteiger partial charge in [-0.2, -0.15) is 5.10 Å². The standard InChI is InChI=1S/C17H20N4O4/c22-16(23)13-5-3-12(4-6-13)8-18-17(24)20-14-9-19-21(10-14)11-15-2-1-7-25-15/h3-6,9-10,15H,1-2,7-8,11H2,(H,22,23)(H2,18,20,24). The summed E-state index contributed by atoms with van der Waals surface area (Å²) in [7, 11) is 0. The molecule has 1 aliphatic heterocycles. The highest BCUT2D eigenvalue weighted by molar-refractivity contribution is 5.89. The molecule has 1 fully saturated rings. The highest BCUT2D eigenvalue weighted by Gasteiger charge is 2.16. The van der Waals surface area contributed by atoms with Crippen molar-refractivity contribution in [2.75, 3.05) is 11.9 Å². The predicted molar refractivity (Wildman–Crippen MR) is 90.5 cm³/mol. The third kappa shape index (κ3) is 4.80. The molecule has 25 heavy (non-hydrogen) atoms. The van der Waals surface area contributed by atoms with Crippen LogP contribution in [0.3, 0.4) is 0 Å². The van der Waals surface area contributed by atoms with Crippen molar-refractivity contribution in [3.8, 4) is 0 Å². The number of hydrogen-bond donors (Lipinski definition) is 3. The van der Waals surface area contributed by atoms with Crippen molar-refractivity contribution in [2.24, 2.45) is 0 Å². The zero-order chi connectivity index (χ0) is 17.6. The molecule has 1 aromatic carbocycles. The summed E-state index contributed by atoms with van der Waals surface area (Å²) in [6.07, 6.45) is 5.66. The summed E-state index contributed by atoms with van der Waals surface area (Å²) in [4.78, 5) is 22.7. The van der Waals surface area contributed by atoms with E-state index in [0.29, 0.717) is 18.8 Å². The molecule has 2 aromatic rings. The first-order valence-corrected chi connectivity index (χ1v) is 8.11. The van der Waals surface area contributed by atoms with Crippen LogP contribution in [-0.2, 0) is 17.8 Å². The number of aromatic nitrogens is 2. The first kappa shape index (κ1) is 17.0. The number of nitrogens with one attached hydrogen (secondary N) is 2. The van der Waals surface area contributed by atoms with E-state index in [0.717, 1.165) is 25.0 Å². The number of carbonyl (C=O) groups is 2. The van der Waals surface area contributed by atoms with E-state index in [1.807, 2.05) is 0 Å². The molecule has 0 saturated carbocycles. The summed E-state index contributed by atoms with van der Waals surface area (Å²) >= 11 is 0. The van der Waals surface area contributed by atoms with Crippen LogP contribution in [-0.4, -0.2) is 39.6 Å². The summed E-state index contributed by atoms with van der Waals surface area (Å²) in [6, 6.07) is 6.00. The smallest absolute Gasteiger partial charge is 0.335 e. The lowest BCUT2D eigenvalue weighted by Gasteiger charge is -2.08. The maximum Gasteiger partial charge on any atom is 0.335 e. The average Bonchev–Trinajstić information content (AvgIpc) is 3.26. The molecule has 8 nitrogen and oxygen atoms in total. The molecule has 132 valence electrons. The molecule has 1 aliphatic rings. The molecule has 0 bridgehead atoms. The fourth-order valence-electron chi connectivity index (χ4n) is 2.65. The van der Waals surface area contributed by atoms with E-state index in [1.165, 1.54) is 12.1 Å². The van der Waals surface area contributed by atoms with Gasteiger partial charge in [0.15, 0.2) is 0 Å². The summed E-state index contributed by atoms with van der Waals surface area (Å²) < 4.78 is 7.32. The Morgan fingerprint density at radius 1 is 1.32 bits per heavy atom. The number of carboxylic acids is 1. The Balaban J connectivity index is 1.45. The molecule has 0 radical (unpaired) electrons. The van der Waals surface area contributed by atoms with Gasteiger partial charge in [0, 0.05) is 19.3 Å². The Morgan fingerprint density at radius 3 is 2.80 bits per heavy atom. The van der Waals surface area contributed by atoms with Crippen molar-refractivity contribution in [3.05, 3.63) is 47.8 Å². The first-order chi connectivity index (χ1) is 12.1. The van der Waals surface area contributed by atoms with Crippen molar-refractivity contribution in [1.29, 1.82) is 0 Å². The lowest BCUT2D eigenvalue weighted by Crippen LogP contribution is -2.28. The molecule has 0 spiro atoms. The molecule has 3 N–H and O–H groups in total. The Kier molecular flexibility index (Phi) is 5.30. The van der Waals surface area contributed by atoms with E-state index in [-0.39, 0.29) is 17.7 Å². The van der Waals surface area contributed by atoms with E-state index >= 15 is 0 Å². The van der Waals surface area contributed by atoms with E-state index in [1.54, 1.807) is 29.2 Å². The van der Waals surface area contributed by atoms with Gasteiger partial charge < -0.3 is 20.5 Å². The minimum Gasteiger partial charge on any atom is -0.478 e. The highest BCUT2D eigenvalue weighted by atomic mass is 16.5. The second-order valence-corrected chi connectivity index (χ2v) is 5.90. The molecule has 0 aliphatic carbocycles. The third-order valence-corrected chi connectivity index (χ3v) is 3.96. The fourth-order valence-corrected chi connectivity index (χ4v) is 2.65. The Labute approximate surface area is 144 Å². The summed E-state index contributed by atoms with van der Waals surface area (Å²) in [5.41, 5.74) is 1.64. The zero-order valence-electron chi connectivity index (χ0n) is 13.6. The van der Waals surface area contributed by atoms with Gasteiger partial charge in [0.1, 0.15) is 0 Å². The number of aromatic carboxylic acids is 1. The quantitative estimate of drug-likeness (QED) is 0.744. The molecule has 2 heterocycles. The second-order valence-electron chi connectivity index (χ2n) is 5.90. The minimum atomic E-state index is -0.975. The maximum absolute atomic E-state index is 11.9. The van der Waals surface area contributed by atoms with Gasteiger partial charge in [-0.05, 0) is 30.5 Å². The number of amides is 2. The van der Waals surface area contributed by atoms with Crippen molar-refractivity contribution in [3.63, 3.8) is 0 Å². The Bertz CT molecular complexity index is 735. The van der Waals surface area contributed by atoms with E-state index < -0.39 is 5.97 Å². The van der Waals surface area contributed by atoms with E-state index in [9.17, 15) is 9.59 Å². The molecule has 1 unspecified atom stereocenters. The maximum atomic E-state index is 11.9. The Morgan fingerprint density at radius 2 is 2.12 bits per heavy atom. The molecule has 8 heteroatoms. The first-order valence-electron chi connectivity index (χ1n) is 8.11. The number of rotatable bonds is 6. The number of carboxylic acid groups (broad SMARTS) is 1. The van der Waals surface area contributed by atoms with Gasteiger partial charge in [0.05, 0.1) is 30.1 Å². The number of benzene rings is 1. The van der Waals surface area contributed by atoms with Crippen molar-refractivity contribution in [1.82, 2.24) is 15.1 Å². The van der Waals surface area contributed by atoms with Gasteiger partial charge in [-0.1, -0.05) is 12.1 Å². The fraction of sp³-hybridized carbons (Fsp3) is 0.353. The monoisotopic (exact) mass is 344 g/mol. The van der Waals surface area contributed by atoms with Crippen LogP contribution in [0.2, 0.25) is 0 Å². The van der Waals surface area contributed by atoms with Crippen LogP contribution in [0.4, 0.5) is 10.5 Å². The van der Waals surface area contributed by atoms with E-state index in [2.05, 4.69) is 15.7 Å². The number of urea groups is 1. The van der Waals surface area contributed by atoms with Gasteiger partial charge in [-0.15, -0.1) is 0 Å². The van der Waals surface area contributed by atoms with Gasteiger partial charge in [0.25, 0.3) is 0 Å². The van der Waals surface area contributed by atoms with Crippen molar-refractivity contribution in [2.45, 2.75) is 32.0 Å². The molecule has 1 atom stereocenters. The highest BCUT2D eigenvalue weighted by Crippen LogP contribution is 2.15. The SMILES string of the molecule is O=C(NCc1ccc(C(=O)O)cc1)Nc1cnn(CC2CCCO2)c1. The molecular weight excluding hydrogens is 324 g/mol. The van der Waals surface area contributed by atoms with Crippen molar-refractivity contribution >= 4 is 17.7 Å². The normalized spacial score (nSPS) is 16.6. The number of carbonyl (C=O) groups excluding carboxylic acids is 1. The van der Waals surface area contributed by atoms with Crippen LogP contribution >= 0.6 is 0 Å². The topological polar surface area (TPSA) is 105 Å². The molecule has 1 aromatic heterocycles. The van der Waals surface area contributed by atoms with Crippen LogP contribution < -0.4 is 10.6 Å². The largest absolute Gasteiger partial charge is 0.478 e.